The predicted molar refractivity (Wildman–Crippen MR) is 81.8 cm³/mol. The SMILES string of the molecule is Cc1ccc(CN2CCCNc3ccccc32)cc1. The van der Waals surface area contributed by atoms with Gasteiger partial charge in [-0.2, -0.15) is 0 Å². The van der Waals surface area contributed by atoms with E-state index in [4.69, 9.17) is 0 Å². The molecule has 19 heavy (non-hydrogen) atoms. The van der Waals surface area contributed by atoms with Gasteiger partial charge in [0.25, 0.3) is 0 Å². The van der Waals surface area contributed by atoms with Crippen molar-refractivity contribution < 1.29 is 0 Å². The number of fused-ring (bicyclic) bond motifs is 1. The molecule has 2 aromatic carbocycles. The van der Waals surface area contributed by atoms with E-state index >= 15 is 0 Å². The number of aryl methyl sites for hydroxylation is 1. The number of nitrogens with zero attached hydrogens (tertiary/aromatic N) is 1. The van der Waals surface area contributed by atoms with Crippen LogP contribution in [0.3, 0.4) is 0 Å². The molecule has 0 radical (unpaired) electrons. The van der Waals surface area contributed by atoms with Gasteiger partial charge < -0.3 is 10.2 Å². The Balaban J connectivity index is 1.86. The van der Waals surface area contributed by atoms with E-state index in [0.29, 0.717) is 0 Å². The van der Waals surface area contributed by atoms with Gasteiger partial charge in [0, 0.05) is 19.6 Å². The van der Waals surface area contributed by atoms with Crippen molar-refractivity contribution in [1.82, 2.24) is 0 Å². The van der Waals surface area contributed by atoms with E-state index in [1.165, 1.54) is 28.9 Å². The Labute approximate surface area is 115 Å². The van der Waals surface area contributed by atoms with E-state index in [0.717, 1.165) is 19.6 Å². The number of benzene rings is 2. The zero-order chi connectivity index (χ0) is 13.1. The smallest absolute Gasteiger partial charge is 0.0605 e. The van der Waals surface area contributed by atoms with Crippen molar-refractivity contribution in [3.8, 4) is 0 Å². The van der Waals surface area contributed by atoms with Gasteiger partial charge in [-0.1, -0.05) is 42.0 Å². The summed E-state index contributed by atoms with van der Waals surface area (Å²) >= 11 is 0. The summed E-state index contributed by atoms with van der Waals surface area (Å²) in [7, 11) is 0. The topological polar surface area (TPSA) is 15.3 Å². The second kappa shape index (κ2) is 5.35. The minimum atomic E-state index is 0.985. The average molecular weight is 252 g/mol. The Morgan fingerprint density at radius 2 is 1.84 bits per heavy atom. The van der Waals surface area contributed by atoms with Crippen LogP contribution in [0.2, 0.25) is 0 Å². The Bertz CT molecular complexity index is 545. The largest absolute Gasteiger partial charge is 0.383 e. The second-order valence-corrected chi connectivity index (χ2v) is 5.20. The molecular weight excluding hydrogens is 232 g/mol. The van der Waals surface area contributed by atoms with Crippen molar-refractivity contribution in [2.45, 2.75) is 19.9 Å². The highest BCUT2D eigenvalue weighted by Crippen LogP contribution is 2.29. The normalized spacial score (nSPS) is 14.5. The van der Waals surface area contributed by atoms with Gasteiger partial charge in [-0.05, 0) is 31.0 Å². The number of hydrogen-bond acceptors (Lipinski definition) is 2. The zero-order valence-corrected chi connectivity index (χ0v) is 11.4. The van der Waals surface area contributed by atoms with Gasteiger partial charge in [0.1, 0.15) is 0 Å². The van der Waals surface area contributed by atoms with Crippen LogP contribution in [-0.4, -0.2) is 13.1 Å². The van der Waals surface area contributed by atoms with Crippen LogP contribution in [0.4, 0.5) is 11.4 Å². The highest BCUT2D eigenvalue weighted by atomic mass is 15.2. The average Bonchev–Trinajstić information content (AvgIpc) is 2.64. The van der Waals surface area contributed by atoms with Crippen LogP contribution in [0.1, 0.15) is 17.5 Å². The lowest BCUT2D eigenvalue weighted by Gasteiger charge is -2.24. The molecule has 0 aliphatic carbocycles. The second-order valence-electron chi connectivity index (χ2n) is 5.20. The first kappa shape index (κ1) is 12.1. The maximum absolute atomic E-state index is 3.51. The molecule has 1 N–H and O–H groups in total. The number of nitrogens with one attached hydrogen (secondary N) is 1. The molecule has 0 amide bonds. The summed E-state index contributed by atoms with van der Waals surface area (Å²) in [6, 6.07) is 17.4. The first-order valence-electron chi connectivity index (χ1n) is 6.96. The number of para-hydroxylation sites is 2. The molecule has 2 nitrogen and oxygen atoms in total. The zero-order valence-electron chi connectivity index (χ0n) is 11.4. The van der Waals surface area contributed by atoms with E-state index in [1.807, 2.05) is 0 Å². The minimum absolute atomic E-state index is 0.985. The molecule has 0 saturated heterocycles. The van der Waals surface area contributed by atoms with Gasteiger partial charge in [-0.15, -0.1) is 0 Å². The third kappa shape index (κ3) is 2.73. The third-order valence-electron chi connectivity index (χ3n) is 3.66. The molecule has 0 unspecified atom stereocenters. The fourth-order valence-corrected chi connectivity index (χ4v) is 2.59. The van der Waals surface area contributed by atoms with Gasteiger partial charge in [0.15, 0.2) is 0 Å². The third-order valence-corrected chi connectivity index (χ3v) is 3.66. The Morgan fingerprint density at radius 1 is 1.05 bits per heavy atom. The molecular formula is C17H20N2. The summed E-state index contributed by atoms with van der Waals surface area (Å²) < 4.78 is 0. The van der Waals surface area contributed by atoms with Crippen LogP contribution >= 0.6 is 0 Å². The predicted octanol–water partition coefficient (Wildman–Crippen LogP) is 3.82. The van der Waals surface area contributed by atoms with E-state index in [1.54, 1.807) is 0 Å². The molecule has 0 atom stereocenters. The van der Waals surface area contributed by atoms with Crippen molar-refractivity contribution in [1.29, 1.82) is 0 Å². The van der Waals surface area contributed by atoms with Crippen LogP contribution in [0.25, 0.3) is 0 Å². The van der Waals surface area contributed by atoms with Crippen LogP contribution in [0.5, 0.6) is 0 Å². The highest BCUT2D eigenvalue weighted by molar-refractivity contribution is 5.70. The van der Waals surface area contributed by atoms with E-state index in [9.17, 15) is 0 Å². The van der Waals surface area contributed by atoms with Crippen LogP contribution in [0.15, 0.2) is 48.5 Å². The molecule has 2 aromatic rings. The van der Waals surface area contributed by atoms with Gasteiger partial charge >= 0.3 is 0 Å². The lowest BCUT2D eigenvalue weighted by Crippen LogP contribution is -2.23. The molecule has 0 spiro atoms. The number of hydrogen-bond donors (Lipinski definition) is 1. The number of rotatable bonds is 2. The lowest BCUT2D eigenvalue weighted by molar-refractivity contribution is 0.764. The van der Waals surface area contributed by atoms with Crippen LogP contribution in [0, 0.1) is 6.92 Å². The molecule has 0 fully saturated rings. The van der Waals surface area contributed by atoms with Crippen molar-refractivity contribution in [3.63, 3.8) is 0 Å². The summed E-state index contributed by atoms with van der Waals surface area (Å²) in [4.78, 5) is 2.47. The molecule has 1 aliphatic heterocycles. The summed E-state index contributed by atoms with van der Waals surface area (Å²) in [6.07, 6.45) is 1.18. The monoisotopic (exact) mass is 252 g/mol. The molecule has 0 aromatic heterocycles. The molecule has 1 aliphatic rings. The lowest BCUT2D eigenvalue weighted by atomic mass is 10.1. The summed E-state index contributed by atoms with van der Waals surface area (Å²) in [5.41, 5.74) is 5.27. The van der Waals surface area contributed by atoms with Crippen molar-refractivity contribution >= 4 is 11.4 Å². The highest BCUT2D eigenvalue weighted by Gasteiger charge is 2.14. The maximum atomic E-state index is 3.51. The molecule has 1 heterocycles. The summed E-state index contributed by atoms with van der Waals surface area (Å²) in [5.74, 6) is 0. The molecule has 98 valence electrons. The minimum Gasteiger partial charge on any atom is -0.383 e. The van der Waals surface area contributed by atoms with E-state index in [-0.39, 0.29) is 0 Å². The van der Waals surface area contributed by atoms with E-state index < -0.39 is 0 Å². The fraction of sp³-hybridized carbons (Fsp3) is 0.294. The standard InChI is InChI=1S/C17H20N2/c1-14-7-9-15(10-8-14)13-19-12-4-11-18-16-5-2-3-6-17(16)19/h2-3,5-10,18H,4,11-13H2,1H3. The van der Waals surface area contributed by atoms with Gasteiger partial charge in [-0.3, -0.25) is 0 Å². The quantitative estimate of drug-likeness (QED) is 0.874. The fourth-order valence-electron chi connectivity index (χ4n) is 2.59. The van der Waals surface area contributed by atoms with Crippen molar-refractivity contribution in [2.75, 3.05) is 23.3 Å². The maximum Gasteiger partial charge on any atom is 0.0605 e. The Kier molecular flexibility index (Phi) is 3.41. The van der Waals surface area contributed by atoms with Gasteiger partial charge in [-0.25, -0.2) is 0 Å². The molecule has 0 bridgehead atoms. The first-order chi connectivity index (χ1) is 9.33. The first-order valence-corrected chi connectivity index (χ1v) is 6.96. The van der Waals surface area contributed by atoms with Crippen LogP contribution < -0.4 is 10.2 Å². The summed E-state index contributed by atoms with van der Waals surface area (Å²) in [6.45, 7) is 5.28. The van der Waals surface area contributed by atoms with E-state index in [2.05, 4.69) is 65.7 Å². The molecule has 0 saturated carbocycles. The van der Waals surface area contributed by atoms with Crippen LogP contribution in [-0.2, 0) is 6.54 Å². The Morgan fingerprint density at radius 3 is 2.68 bits per heavy atom. The molecule has 2 heteroatoms. The summed E-state index contributed by atoms with van der Waals surface area (Å²) in [5, 5.41) is 3.51. The van der Waals surface area contributed by atoms with Crippen molar-refractivity contribution in [3.05, 3.63) is 59.7 Å². The Hall–Kier alpha value is -1.96. The van der Waals surface area contributed by atoms with Gasteiger partial charge in [0.2, 0.25) is 0 Å². The molecule has 3 rings (SSSR count). The van der Waals surface area contributed by atoms with Gasteiger partial charge in [0.05, 0.1) is 11.4 Å². The van der Waals surface area contributed by atoms with Crippen molar-refractivity contribution in [2.24, 2.45) is 0 Å². The number of anilines is 2.